The molecule has 0 bridgehead atoms. The Labute approximate surface area is 195 Å². The lowest BCUT2D eigenvalue weighted by molar-refractivity contribution is -0.133. The minimum absolute atomic E-state index is 0.0498. The van der Waals surface area contributed by atoms with E-state index in [4.69, 9.17) is 14.1 Å². The van der Waals surface area contributed by atoms with Crippen molar-refractivity contribution in [3.8, 4) is 11.3 Å². The maximum absolute atomic E-state index is 13.1. The fraction of sp³-hybridized carbons (Fsp3) is 0.333. The normalized spacial score (nSPS) is 11.3. The van der Waals surface area contributed by atoms with Crippen LogP contribution in [0.3, 0.4) is 0 Å². The second-order valence-corrected chi connectivity index (χ2v) is 9.24. The summed E-state index contributed by atoms with van der Waals surface area (Å²) in [7, 11) is 1.69. The topological polar surface area (TPSA) is 90.5 Å². The molecule has 4 heterocycles. The van der Waals surface area contributed by atoms with Crippen LogP contribution in [-0.2, 0) is 16.1 Å². The van der Waals surface area contributed by atoms with Crippen LogP contribution in [0.5, 0.6) is 0 Å². The third-order valence-electron chi connectivity index (χ3n) is 5.32. The van der Waals surface area contributed by atoms with E-state index in [2.05, 4.69) is 5.10 Å². The molecular weight excluding hydrogens is 440 g/mol. The van der Waals surface area contributed by atoms with Gasteiger partial charge < -0.3 is 14.1 Å². The lowest BCUT2D eigenvalue weighted by Gasteiger charge is -2.16. The summed E-state index contributed by atoms with van der Waals surface area (Å²) in [4.78, 5) is 33.0. The number of fused-ring (bicyclic) bond motifs is 1. The third-order valence-corrected chi connectivity index (χ3v) is 6.18. The summed E-state index contributed by atoms with van der Waals surface area (Å²) in [6.07, 6.45) is 1.61. The van der Waals surface area contributed by atoms with E-state index in [0.717, 1.165) is 16.2 Å². The highest BCUT2D eigenvalue weighted by atomic mass is 32.1. The standard InChI is InChI=1S/C24H26N4O4S/c1-14(2)28-23-20(11-25-28)19(10-21(26-23)18-9-15(3)32-16(18)4)24(30)31-13-22(29)27(5)12-17-7-6-8-33-17/h6-11,14H,12-13H2,1-5H3. The van der Waals surface area contributed by atoms with E-state index in [1.54, 1.807) is 40.2 Å². The van der Waals surface area contributed by atoms with Crippen molar-refractivity contribution in [3.63, 3.8) is 0 Å². The summed E-state index contributed by atoms with van der Waals surface area (Å²) in [5.41, 5.74) is 2.28. The van der Waals surface area contributed by atoms with Crippen LogP contribution >= 0.6 is 11.3 Å². The van der Waals surface area contributed by atoms with Gasteiger partial charge in [-0.2, -0.15) is 5.10 Å². The van der Waals surface area contributed by atoms with Gasteiger partial charge in [0.2, 0.25) is 0 Å². The summed E-state index contributed by atoms with van der Waals surface area (Å²) in [5.74, 6) is 0.592. The zero-order valence-electron chi connectivity index (χ0n) is 19.3. The van der Waals surface area contributed by atoms with Gasteiger partial charge in [0, 0.05) is 23.5 Å². The Balaban J connectivity index is 1.62. The van der Waals surface area contributed by atoms with Gasteiger partial charge in [-0.3, -0.25) is 4.79 Å². The van der Waals surface area contributed by atoms with Crippen molar-refractivity contribution in [1.82, 2.24) is 19.7 Å². The van der Waals surface area contributed by atoms with E-state index in [-0.39, 0.29) is 18.6 Å². The predicted octanol–water partition coefficient (Wildman–Crippen LogP) is 4.77. The molecule has 1 amide bonds. The lowest BCUT2D eigenvalue weighted by atomic mass is 10.1. The fourth-order valence-electron chi connectivity index (χ4n) is 3.63. The second-order valence-electron chi connectivity index (χ2n) is 8.21. The highest BCUT2D eigenvalue weighted by Gasteiger charge is 2.22. The van der Waals surface area contributed by atoms with Crippen LogP contribution in [0.1, 0.15) is 46.6 Å². The van der Waals surface area contributed by atoms with Crippen molar-refractivity contribution < 1.29 is 18.7 Å². The predicted molar refractivity (Wildman–Crippen MR) is 126 cm³/mol. The van der Waals surface area contributed by atoms with Crippen LogP contribution in [0.2, 0.25) is 0 Å². The van der Waals surface area contributed by atoms with Crippen molar-refractivity contribution in [2.45, 2.75) is 40.3 Å². The number of nitrogens with zero attached hydrogens (tertiary/aromatic N) is 4. The zero-order valence-corrected chi connectivity index (χ0v) is 20.1. The number of hydrogen-bond donors (Lipinski definition) is 0. The van der Waals surface area contributed by atoms with Crippen LogP contribution in [-0.4, -0.2) is 45.2 Å². The van der Waals surface area contributed by atoms with Crippen molar-refractivity contribution in [2.24, 2.45) is 0 Å². The summed E-state index contributed by atoms with van der Waals surface area (Å²) in [6.45, 7) is 7.83. The minimum atomic E-state index is -0.595. The number of pyridine rings is 1. The average Bonchev–Trinajstić information content (AvgIpc) is 3.50. The average molecular weight is 467 g/mol. The Morgan fingerprint density at radius 3 is 2.70 bits per heavy atom. The molecule has 4 aromatic rings. The van der Waals surface area contributed by atoms with Gasteiger partial charge in [-0.1, -0.05) is 6.07 Å². The molecule has 0 fully saturated rings. The van der Waals surface area contributed by atoms with E-state index < -0.39 is 5.97 Å². The molecule has 4 rings (SSSR count). The molecule has 0 aliphatic heterocycles. The highest BCUT2D eigenvalue weighted by molar-refractivity contribution is 7.09. The second kappa shape index (κ2) is 9.19. The Kier molecular flexibility index (Phi) is 6.33. The SMILES string of the molecule is Cc1cc(-c2cc(C(=O)OCC(=O)N(C)Cc3cccs3)c3cnn(C(C)C)c3n2)c(C)o1. The number of hydrogen-bond acceptors (Lipinski definition) is 7. The van der Waals surface area contributed by atoms with Crippen LogP contribution in [0, 0.1) is 13.8 Å². The number of amides is 1. The van der Waals surface area contributed by atoms with Gasteiger partial charge in [0.25, 0.3) is 5.91 Å². The highest BCUT2D eigenvalue weighted by Crippen LogP contribution is 2.30. The van der Waals surface area contributed by atoms with Gasteiger partial charge in [-0.25, -0.2) is 14.5 Å². The van der Waals surface area contributed by atoms with Gasteiger partial charge in [0.1, 0.15) is 11.5 Å². The van der Waals surface area contributed by atoms with Crippen molar-refractivity contribution in [2.75, 3.05) is 13.7 Å². The Bertz CT molecular complexity index is 1300. The monoisotopic (exact) mass is 466 g/mol. The first-order valence-corrected chi connectivity index (χ1v) is 11.5. The quantitative estimate of drug-likeness (QED) is 0.365. The summed E-state index contributed by atoms with van der Waals surface area (Å²) >= 11 is 1.57. The smallest absolute Gasteiger partial charge is 0.339 e. The maximum atomic E-state index is 13.1. The lowest BCUT2D eigenvalue weighted by Crippen LogP contribution is -2.30. The Morgan fingerprint density at radius 1 is 1.27 bits per heavy atom. The van der Waals surface area contributed by atoms with E-state index >= 15 is 0 Å². The van der Waals surface area contributed by atoms with Crippen LogP contribution < -0.4 is 0 Å². The molecule has 33 heavy (non-hydrogen) atoms. The molecule has 0 unspecified atom stereocenters. The molecule has 0 saturated carbocycles. The van der Waals surface area contributed by atoms with Gasteiger partial charge in [-0.05, 0) is 51.3 Å². The molecule has 0 aromatic carbocycles. The molecule has 0 aliphatic rings. The van der Waals surface area contributed by atoms with Crippen LogP contribution in [0.25, 0.3) is 22.3 Å². The minimum Gasteiger partial charge on any atom is -0.466 e. The number of furan rings is 1. The third kappa shape index (κ3) is 4.68. The van der Waals surface area contributed by atoms with Crippen LogP contribution in [0.4, 0.5) is 0 Å². The first kappa shape index (κ1) is 22.7. The number of thiophene rings is 1. The van der Waals surface area contributed by atoms with Crippen molar-refractivity contribution in [3.05, 3.63) is 57.8 Å². The molecule has 0 saturated heterocycles. The number of carbonyl (C=O) groups is 2. The number of ether oxygens (including phenoxy) is 1. The van der Waals surface area contributed by atoms with Crippen molar-refractivity contribution >= 4 is 34.2 Å². The number of esters is 1. The van der Waals surface area contributed by atoms with E-state index in [0.29, 0.717) is 34.6 Å². The Hall–Kier alpha value is -3.46. The van der Waals surface area contributed by atoms with E-state index in [1.807, 2.05) is 51.3 Å². The van der Waals surface area contributed by atoms with Gasteiger partial charge >= 0.3 is 5.97 Å². The maximum Gasteiger partial charge on any atom is 0.339 e. The van der Waals surface area contributed by atoms with Gasteiger partial charge in [0.05, 0.1) is 29.4 Å². The van der Waals surface area contributed by atoms with E-state index in [9.17, 15) is 9.59 Å². The molecule has 172 valence electrons. The number of rotatable bonds is 7. The number of likely N-dealkylation sites (N-methyl/N-ethyl adjacent to an activating group) is 1. The molecule has 9 heteroatoms. The molecular formula is C24H26N4O4S. The van der Waals surface area contributed by atoms with E-state index in [1.165, 1.54) is 0 Å². The zero-order chi connectivity index (χ0) is 23.7. The van der Waals surface area contributed by atoms with Crippen LogP contribution in [0.15, 0.2) is 40.3 Å². The summed E-state index contributed by atoms with van der Waals surface area (Å²) < 4.78 is 12.8. The molecule has 0 N–H and O–H groups in total. The molecule has 0 radical (unpaired) electrons. The number of aromatic nitrogens is 3. The largest absolute Gasteiger partial charge is 0.466 e. The number of carbonyl (C=O) groups excluding carboxylic acids is 2. The van der Waals surface area contributed by atoms with Gasteiger partial charge in [0.15, 0.2) is 12.3 Å². The summed E-state index contributed by atoms with van der Waals surface area (Å²) in [5, 5.41) is 6.95. The molecule has 4 aromatic heterocycles. The molecule has 0 spiro atoms. The molecule has 8 nitrogen and oxygen atoms in total. The fourth-order valence-corrected chi connectivity index (χ4v) is 4.38. The summed E-state index contributed by atoms with van der Waals surface area (Å²) in [6, 6.07) is 7.51. The molecule has 0 aliphatic carbocycles. The first-order valence-electron chi connectivity index (χ1n) is 10.6. The Morgan fingerprint density at radius 2 is 2.06 bits per heavy atom. The number of aryl methyl sites for hydroxylation is 2. The van der Waals surface area contributed by atoms with Crippen molar-refractivity contribution in [1.29, 1.82) is 0 Å². The first-order chi connectivity index (χ1) is 15.7. The van der Waals surface area contributed by atoms with Gasteiger partial charge in [-0.15, -0.1) is 11.3 Å². The molecule has 0 atom stereocenters.